The SMILES string of the molecule is CN(Cc1coc(-c2ccc(Cl)cc2)n1)C1CC2CCC(C1)N2.Cl. The van der Waals surface area contributed by atoms with E-state index in [-0.39, 0.29) is 12.4 Å². The van der Waals surface area contributed by atoms with Crippen molar-refractivity contribution in [2.45, 2.75) is 50.4 Å². The standard InChI is InChI=1S/C18H22ClN3O.ClH/c1-22(17-8-14-6-7-15(9-17)20-14)10-16-11-23-18(21-16)12-2-4-13(19)5-3-12;/h2-5,11,14-15,17,20H,6-10H2,1H3;1H. The summed E-state index contributed by atoms with van der Waals surface area (Å²) in [6.45, 7) is 0.835. The summed E-state index contributed by atoms with van der Waals surface area (Å²) in [4.78, 5) is 7.06. The number of halogens is 2. The summed E-state index contributed by atoms with van der Waals surface area (Å²) in [5, 5.41) is 4.42. The second kappa shape index (κ2) is 7.44. The zero-order valence-electron chi connectivity index (χ0n) is 13.7. The molecule has 4 nitrogen and oxygen atoms in total. The Labute approximate surface area is 154 Å². The van der Waals surface area contributed by atoms with E-state index in [1.54, 1.807) is 6.26 Å². The van der Waals surface area contributed by atoms with E-state index >= 15 is 0 Å². The first-order valence-corrected chi connectivity index (χ1v) is 8.72. The summed E-state index contributed by atoms with van der Waals surface area (Å²) < 4.78 is 5.64. The van der Waals surface area contributed by atoms with E-state index in [9.17, 15) is 0 Å². The van der Waals surface area contributed by atoms with Crippen molar-refractivity contribution >= 4 is 24.0 Å². The van der Waals surface area contributed by atoms with Crippen LogP contribution in [-0.2, 0) is 6.54 Å². The molecule has 6 heteroatoms. The fourth-order valence-electron chi connectivity index (χ4n) is 3.88. The quantitative estimate of drug-likeness (QED) is 0.881. The van der Waals surface area contributed by atoms with Gasteiger partial charge in [0.25, 0.3) is 0 Å². The van der Waals surface area contributed by atoms with Gasteiger partial charge in [-0.25, -0.2) is 4.98 Å². The zero-order chi connectivity index (χ0) is 15.8. The molecule has 0 amide bonds. The molecule has 2 fully saturated rings. The minimum Gasteiger partial charge on any atom is -0.444 e. The van der Waals surface area contributed by atoms with Crippen molar-refractivity contribution in [2.75, 3.05) is 7.05 Å². The number of fused-ring (bicyclic) bond motifs is 2. The Morgan fingerprint density at radius 2 is 1.88 bits per heavy atom. The van der Waals surface area contributed by atoms with Crippen LogP contribution in [0.1, 0.15) is 31.4 Å². The van der Waals surface area contributed by atoms with Crippen molar-refractivity contribution in [1.29, 1.82) is 0 Å². The van der Waals surface area contributed by atoms with Crippen molar-refractivity contribution in [1.82, 2.24) is 15.2 Å². The lowest BCUT2D eigenvalue weighted by molar-refractivity contribution is 0.164. The number of hydrogen-bond acceptors (Lipinski definition) is 4. The topological polar surface area (TPSA) is 41.3 Å². The minimum atomic E-state index is 0. The molecular weight excluding hydrogens is 345 g/mol. The van der Waals surface area contributed by atoms with Crippen molar-refractivity contribution in [3.8, 4) is 11.5 Å². The summed E-state index contributed by atoms with van der Waals surface area (Å²) in [6.07, 6.45) is 6.93. The summed E-state index contributed by atoms with van der Waals surface area (Å²) in [6, 6.07) is 9.66. The third-order valence-corrected chi connectivity index (χ3v) is 5.38. The molecule has 24 heavy (non-hydrogen) atoms. The van der Waals surface area contributed by atoms with Crippen LogP contribution in [0.4, 0.5) is 0 Å². The highest BCUT2D eigenvalue weighted by atomic mass is 35.5. The Morgan fingerprint density at radius 1 is 1.21 bits per heavy atom. The van der Waals surface area contributed by atoms with E-state index < -0.39 is 0 Å². The van der Waals surface area contributed by atoms with Gasteiger partial charge in [-0.2, -0.15) is 0 Å². The number of hydrogen-bond donors (Lipinski definition) is 1. The van der Waals surface area contributed by atoms with Gasteiger partial charge in [0.15, 0.2) is 0 Å². The van der Waals surface area contributed by atoms with Crippen LogP contribution in [0.25, 0.3) is 11.5 Å². The summed E-state index contributed by atoms with van der Waals surface area (Å²) in [5.74, 6) is 0.662. The minimum absolute atomic E-state index is 0. The third kappa shape index (κ3) is 3.77. The molecule has 1 aromatic carbocycles. The third-order valence-electron chi connectivity index (χ3n) is 5.13. The first-order chi connectivity index (χ1) is 11.2. The fraction of sp³-hybridized carbons (Fsp3) is 0.500. The first-order valence-electron chi connectivity index (χ1n) is 8.34. The van der Waals surface area contributed by atoms with Gasteiger partial charge in [-0.15, -0.1) is 12.4 Å². The summed E-state index contributed by atoms with van der Waals surface area (Å²) in [7, 11) is 2.20. The second-order valence-corrected chi connectivity index (χ2v) is 7.27. The molecule has 2 aromatic rings. The van der Waals surface area contributed by atoms with Gasteiger partial charge in [-0.3, -0.25) is 4.90 Å². The first kappa shape index (κ1) is 17.7. The Hall–Kier alpha value is -1.07. The molecule has 2 saturated heterocycles. The van der Waals surface area contributed by atoms with Gasteiger partial charge in [0.1, 0.15) is 6.26 Å². The molecule has 1 N–H and O–H groups in total. The molecule has 2 unspecified atom stereocenters. The van der Waals surface area contributed by atoms with Crippen molar-refractivity contribution < 1.29 is 4.42 Å². The monoisotopic (exact) mass is 367 g/mol. The van der Waals surface area contributed by atoms with Gasteiger partial charge < -0.3 is 9.73 Å². The smallest absolute Gasteiger partial charge is 0.226 e. The molecule has 0 spiro atoms. The van der Waals surface area contributed by atoms with Gasteiger partial charge in [-0.05, 0) is 57.0 Å². The number of nitrogens with zero attached hydrogens (tertiary/aromatic N) is 2. The predicted molar refractivity (Wildman–Crippen MR) is 98.6 cm³/mol. The van der Waals surface area contributed by atoms with Gasteiger partial charge in [-0.1, -0.05) is 11.6 Å². The molecule has 2 aliphatic heterocycles. The van der Waals surface area contributed by atoms with Crippen molar-refractivity contribution in [2.24, 2.45) is 0 Å². The number of benzene rings is 1. The maximum absolute atomic E-state index is 5.93. The molecule has 1 aromatic heterocycles. The number of aromatic nitrogens is 1. The Kier molecular flexibility index (Phi) is 5.50. The van der Waals surface area contributed by atoms with E-state index in [1.807, 2.05) is 24.3 Å². The predicted octanol–water partition coefficient (Wildman–Crippen LogP) is 4.13. The molecule has 0 aliphatic carbocycles. The molecule has 0 radical (unpaired) electrons. The zero-order valence-corrected chi connectivity index (χ0v) is 15.3. The maximum atomic E-state index is 5.93. The summed E-state index contributed by atoms with van der Waals surface area (Å²) in [5.41, 5.74) is 1.95. The molecule has 2 aliphatic rings. The largest absolute Gasteiger partial charge is 0.444 e. The number of nitrogens with one attached hydrogen (secondary N) is 1. The number of rotatable bonds is 4. The normalized spacial score (nSPS) is 25.7. The lowest BCUT2D eigenvalue weighted by Gasteiger charge is -2.35. The number of piperidine rings is 1. The van der Waals surface area contributed by atoms with Crippen LogP contribution in [-0.4, -0.2) is 35.1 Å². The van der Waals surface area contributed by atoms with Gasteiger partial charge >= 0.3 is 0 Å². The average molecular weight is 368 g/mol. The second-order valence-electron chi connectivity index (χ2n) is 6.83. The molecule has 2 atom stereocenters. The van der Waals surface area contributed by atoms with Crippen LogP contribution in [0.15, 0.2) is 34.9 Å². The molecule has 2 bridgehead atoms. The number of oxazole rings is 1. The molecule has 130 valence electrons. The van der Waals surface area contributed by atoms with Gasteiger partial charge in [0, 0.05) is 35.3 Å². The van der Waals surface area contributed by atoms with Crippen LogP contribution in [0.3, 0.4) is 0 Å². The Morgan fingerprint density at radius 3 is 2.54 bits per heavy atom. The highest BCUT2D eigenvalue weighted by Crippen LogP contribution is 2.30. The van der Waals surface area contributed by atoms with E-state index in [4.69, 9.17) is 16.0 Å². The lowest BCUT2D eigenvalue weighted by atomic mass is 9.98. The average Bonchev–Trinajstić information content (AvgIpc) is 3.14. The van der Waals surface area contributed by atoms with Gasteiger partial charge in [0.2, 0.25) is 5.89 Å². The molecule has 4 rings (SSSR count). The van der Waals surface area contributed by atoms with E-state index in [0.717, 1.165) is 22.8 Å². The highest BCUT2D eigenvalue weighted by molar-refractivity contribution is 6.30. The highest BCUT2D eigenvalue weighted by Gasteiger charge is 2.35. The summed E-state index contributed by atoms with van der Waals surface area (Å²) >= 11 is 5.93. The maximum Gasteiger partial charge on any atom is 0.226 e. The molecule has 3 heterocycles. The van der Waals surface area contributed by atoms with E-state index in [0.29, 0.717) is 24.0 Å². The van der Waals surface area contributed by atoms with Crippen LogP contribution >= 0.6 is 24.0 Å². The van der Waals surface area contributed by atoms with Gasteiger partial charge in [0.05, 0.1) is 5.69 Å². The van der Waals surface area contributed by atoms with Crippen molar-refractivity contribution in [3.63, 3.8) is 0 Å². The Balaban J connectivity index is 0.00000169. The van der Waals surface area contributed by atoms with Crippen LogP contribution in [0, 0.1) is 0 Å². The van der Waals surface area contributed by atoms with Crippen LogP contribution < -0.4 is 5.32 Å². The lowest BCUT2D eigenvalue weighted by Crippen LogP contribution is -2.46. The molecular formula is C18H23Cl2N3O. The van der Waals surface area contributed by atoms with Crippen LogP contribution in [0.5, 0.6) is 0 Å². The van der Waals surface area contributed by atoms with Crippen molar-refractivity contribution in [3.05, 3.63) is 41.2 Å². The fourth-order valence-corrected chi connectivity index (χ4v) is 4.00. The van der Waals surface area contributed by atoms with E-state index in [2.05, 4.69) is 22.2 Å². The van der Waals surface area contributed by atoms with E-state index in [1.165, 1.54) is 25.7 Å². The Bertz CT molecular complexity index is 661. The van der Waals surface area contributed by atoms with Crippen LogP contribution in [0.2, 0.25) is 5.02 Å². The molecule has 0 saturated carbocycles.